The number of aliphatic hydroxyl groups is 1. The lowest BCUT2D eigenvalue weighted by molar-refractivity contribution is -0.146. The lowest BCUT2D eigenvalue weighted by Gasteiger charge is -2.22. The highest BCUT2D eigenvalue weighted by Gasteiger charge is 2.36. The van der Waals surface area contributed by atoms with Crippen molar-refractivity contribution in [3.05, 3.63) is 28.2 Å². The van der Waals surface area contributed by atoms with E-state index in [4.69, 9.17) is 9.47 Å². The van der Waals surface area contributed by atoms with Crippen LogP contribution >= 0.6 is 15.9 Å². The first-order valence-corrected chi connectivity index (χ1v) is 7.16. The van der Waals surface area contributed by atoms with Crippen LogP contribution in [0.25, 0.3) is 0 Å². The van der Waals surface area contributed by atoms with E-state index < -0.39 is 6.10 Å². The van der Waals surface area contributed by atoms with Gasteiger partial charge < -0.3 is 14.6 Å². The van der Waals surface area contributed by atoms with E-state index in [-0.39, 0.29) is 12.0 Å². The Balaban J connectivity index is 2.11. The molecule has 2 unspecified atom stereocenters. The van der Waals surface area contributed by atoms with Crippen molar-refractivity contribution in [2.75, 3.05) is 20.8 Å². The van der Waals surface area contributed by atoms with Gasteiger partial charge in [-0.25, -0.2) is 0 Å². The van der Waals surface area contributed by atoms with Gasteiger partial charge in [-0.05, 0) is 33.6 Å². The number of hydrogen-bond donors (Lipinski definition) is 1. The second kappa shape index (κ2) is 6.56. The summed E-state index contributed by atoms with van der Waals surface area (Å²) in [4.78, 5) is 13.7. The van der Waals surface area contributed by atoms with Crippen LogP contribution in [-0.4, -0.2) is 48.9 Å². The molecule has 0 aromatic heterocycles. The Morgan fingerprint density at radius 1 is 1.50 bits per heavy atom. The van der Waals surface area contributed by atoms with Gasteiger partial charge in [0.2, 0.25) is 0 Å². The number of β-amino-alcohol motifs (C(OH)–C–C–N with tert-alkyl or cyclic N) is 1. The summed E-state index contributed by atoms with van der Waals surface area (Å²) < 4.78 is 10.8. The summed E-state index contributed by atoms with van der Waals surface area (Å²) in [6, 6.07) is 5.40. The summed E-state index contributed by atoms with van der Waals surface area (Å²) in [6.07, 6.45) is -0.0647. The number of nitrogens with zero attached hydrogens (tertiary/aromatic N) is 1. The van der Waals surface area contributed by atoms with Crippen LogP contribution in [0.1, 0.15) is 12.0 Å². The molecule has 110 valence electrons. The van der Waals surface area contributed by atoms with Gasteiger partial charge in [-0.3, -0.25) is 9.69 Å². The Bertz CT molecular complexity index is 494. The molecular formula is C14H18BrNO4. The summed E-state index contributed by atoms with van der Waals surface area (Å²) in [6.45, 7) is 1.06. The van der Waals surface area contributed by atoms with E-state index >= 15 is 0 Å². The number of likely N-dealkylation sites (tertiary alicyclic amines) is 1. The maximum atomic E-state index is 11.7. The second-order valence-corrected chi connectivity index (χ2v) is 5.68. The van der Waals surface area contributed by atoms with E-state index in [9.17, 15) is 9.90 Å². The molecule has 0 saturated carbocycles. The van der Waals surface area contributed by atoms with E-state index in [0.717, 1.165) is 15.8 Å². The highest BCUT2D eigenvalue weighted by molar-refractivity contribution is 9.10. The molecular weight excluding hydrogens is 326 g/mol. The molecule has 1 aliphatic heterocycles. The summed E-state index contributed by atoms with van der Waals surface area (Å²) in [5.41, 5.74) is 1.04. The smallest absolute Gasteiger partial charge is 0.323 e. The van der Waals surface area contributed by atoms with E-state index in [1.54, 1.807) is 7.11 Å². The van der Waals surface area contributed by atoms with Crippen LogP contribution in [0.2, 0.25) is 0 Å². The standard InChI is InChI=1S/C14H18BrNO4/c1-19-13-4-3-9(5-11(13)15)7-16-8-10(17)6-12(16)14(18)20-2/h3-5,10,12,17H,6-8H2,1-2H3. The third kappa shape index (κ3) is 3.31. The quantitative estimate of drug-likeness (QED) is 0.841. The van der Waals surface area contributed by atoms with Crippen molar-refractivity contribution in [2.24, 2.45) is 0 Å². The summed E-state index contributed by atoms with van der Waals surface area (Å²) in [7, 11) is 2.99. The summed E-state index contributed by atoms with van der Waals surface area (Å²) >= 11 is 3.44. The van der Waals surface area contributed by atoms with Crippen LogP contribution in [0.3, 0.4) is 0 Å². The number of carbonyl (C=O) groups is 1. The summed E-state index contributed by atoms with van der Waals surface area (Å²) in [5, 5.41) is 9.75. The van der Waals surface area contributed by atoms with E-state index in [0.29, 0.717) is 19.5 Å². The average molecular weight is 344 g/mol. The molecule has 5 nitrogen and oxygen atoms in total. The maximum Gasteiger partial charge on any atom is 0.323 e. The number of benzene rings is 1. The topological polar surface area (TPSA) is 59.0 Å². The van der Waals surface area contributed by atoms with Crippen molar-refractivity contribution >= 4 is 21.9 Å². The highest BCUT2D eigenvalue weighted by atomic mass is 79.9. The van der Waals surface area contributed by atoms with Crippen LogP contribution in [0.5, 0.6) is 5.75 Å². The molecule has 0 amide bonds. The van der Waals surface area contributed by atoms with Crippen molar-refractivity contribution in [2.45, 2.75) is 25.1 Å². The Morgan fingerprint density at radius 2 is 2.25 bits per heavy atom. The monoisotopic (exact) mass is 343 g/mol. The molecule has 1 aromatic carbocycles. The molecule has 0 aliphatic carbocycles. The predicted octanol–water partition coefficient (Wildman–Crippen LogP) is 1.57. The number of esters is 1. The number of halogens is 1. The molecule has 2 atom stereocenters. The third-order valence-electron chi connectivity index (χ3n) is 3.46. The van der Waals surface area contributed by atoms with Crippen molar-refractivity contribution in [1.82, 2.24) is 4.90 Å². The minimum atomic E-state index is -0.485. The molecule has 0 bridgehead atoms. The molecule has 1 heterocycles. The number of ether oxygens (including phenoxy) is 2. The first-order valence-electron chi connectivity index (χ1n) is 6.37. The first kappa shape index (κ1) is 15.3. The maximum absolute atomic E-state index is 11.7. The van der Waals surface area contributed by atoms with E-state index in [1.165, 1.54) is 7.11 Å². The minimum absolute atomic E-state index is 0.297. The van der Waals surface area contributed by atoms with Gasteiger partial charge in [0.05, 0.1) is 24.8 Å². The Labute approximate surface area is 126 Å². The average Bonchev–Trinajstić information content (AvgIpc) is 2.79. The van der Waals surface area contributed by atoms with Gasteiger partial charge in [0.15, 0.2) is 0 Å². The van der Waals surface area contributed by atoms with Crippen LogP contribution < -0.4 is 4.74 Å². The molecule has 1 aromatic rings. The fourth-order valence-corrected chi connectivity index (χ4v) is 3.07. The van der Waals surface area contributed by atoms with Gasteiger partial charge in [-0.15, -0.1) is 0 Å². The Hall–Kier alpha value is -1.11. The molecule has 2 rings (SSSR count). The zero-order valence-corrected chi connectivity index (χ0v) is 13.1. The zero-order chi connectivity index (χ0) is 14.7. The van der Waals surface area contributed by atoms with Gasteiger partial charge in [0.25, 0.3) is 0 Å². The lowest BCUT2D eigenvalue weighted by Crippen LogP contribution is -2.36. The highest BCUT2D eigenvalue weighted by Crippen LogP contribution is 2.28. The van der Waals surface area contributed by atoms with Crippen molar-refractivity contribution < 1.29 is 19.4 Å². The molecule has 1 fully saturated rings. The lowest BCUT2D eigenvalue weighted by atomic mass is 10.1. The van der Waals surface area contributed by atoms with E-state index in [1.807, 2.05) is 23.1 Å². The second-order valence-electron chi connectivity index (χ2n) is 4.83. The number of methoxy groups -OCH3 is 2. The number of carbonyl (C=O) groups excluding carboxylic acids is 1. The fraction of sp³-hybridized carbons (Fsp3) is 0.500. The van der Waals surface area contributed by atoms with Crippen molar-refractivity contribution in [3.63, 3.8) is 0 Å². The molecule has 0 radical (unpaired) electrons. The SMILES string of the molecule is COC(=O)C1CC(O)CN1Cc1ccc(OC)c(Br)c1. The Morgan fingerprint density at radius 3 is 2.85 bits per heavy atom. The summed E-state index contributed by atoms with van der Waals surface area (Å²) in [5.74, 6) is 0.467. The van der Waals surface area contributed by atoms with Crippen LogP contribution in [0.4, 0.5) is 0 Å². The van der Waals surface area contributed by atoms with Gasteiger partial charge in [0, 0.05) is 19.5 Å². The Kier molecular flexibility index (Phi) is 5.01. The van der Waals surface area contributed by atoms with Crippen LogP contribution in [0.15, 0.2) is 22.7 Å². The molecule has 1 aliphatic rings. The van der Waals surface area contributed by atoms with Gasteiger partial charge in [-0.2, -0.15) is 0 Å². The van der Waals surface area contributed by atoms with Crippen molar-refractivity contribution in [1.29, 1.82) is 0 Å². The number of hydrogen-bond acceptors (Lipinski definition) is 5. The van der Waals surface area contributed by atoms with Gasteiger partial charge in [-0.1, -0.05) is 6.07 Å². The zero-order valence-electron chi connectivity index (χ0n) is 11.5. The largest absolute Gasteiger partial charge is 0.496 e. The normalized spacial score (nSPS) is 22.8. The molecule has 20 heavy (non-hydrogen) atoms. The molecule has 0 spiro atoms. The van der Waals surface area contributed by atoms with Gasteiger partial charge in [0.1, 0.15) is 11.8 Å². The third-order valence-corrected chi connectivity index (χ3v) is 4.08. The number of rotatable bonds is 4. The van der Waals surface area contributed by atoms with Crippen molar-refractivity contribution in [3.8, 4) is 5.75 Å². The van der Waals surface area contributed by atoms with Crippen LogP contribution in [-0.2, 0) is 16.1 Å². The fourth-order valence-electron chi connectivity index (χ4n) is 2.48. The molecule has 1 saturated heterocycles. The first-order chi connectivity index (χ1) is 9.55. The predicted molar refractivity (Wildman–Crippen MR) is 77.5 cm³/mol. The van der Waals surface area contributed by atoms with E-state index in [2.05, 4.69) is 15.9 Å². The molecule has 1 N–H and O–H groups in total. The van der Waals surface area contributed by atoms with Crippen LogP contribution in [0, 0.1) is 0 Å². The number of aliphatic hydroxyl groups excluding tert-OH is 1. The van der Waals surface area contributed by atoms with Gasteiger partial charge >= 0.3 is 5.97 Å². The molecule has 6 heteroatoms. The minimum Gasteiger partial charge on any atom is -0.496 e.